The highest BCUT2D eigenvalue weighted by Crippen LogP contribution is 2.29. The Kier molecular flexibility index (Phi) is 7.01. The Labute approximate surface area is 213 Å². The molecule has 0 saturated carbocycles. The number of aryl methyl sites for hydroxylation is 1. The molecule has 0 bridgehead atoms. The van der Waals surface area contributed by atoms with Crippen molar-refractivity contribution >= 4 is 56.5 Å². The molecule has 1 saturated heterocycles. The Hall–Kier alpha value is -3.36. The first-order valence-corrected chi connectivity index (χ1v) is 13.4. The molecule has 6 nitrogen and oxygen atoms in total. The number of carbonyl (C=O) groups excluding carboxylic acids is 2. The minimum absolute atomic E-state index is 0.0506. The second-order valence-corrected chi connectivity index (χ2v) is 10.7. The number of piperazine rings is 1. The van der Waals surface area contributed by atoms with Gasteiger partial charge in [0, 0.05) is 43.1 Å². The molecule has 0 unspecified atom stereocenters. The molecule has 35 heavy (non-hydrogen) atoms. The quantitative estimate of drug-likeness (QED) is 0.363. The first kappa shape index (κ1) is 23.4. The average Bonchev–Trinajstić information content (AvgIpc) is 3.31. The number of rotatable bonds is 6. The molecule has 1 aliphatic heterocycles. The number of amides is 2. The van der Waals surface area contributed by atoms with E-state index < -0.39 is 0 Å². The predicted molar refractivity (Wildman–Crippen MR) is 145 cm³/mol. The molecule has 1 fully saturated rings. The summed E-state index contributed by atoms with van der Waals surface area (Å²) in [7, 11) is 0. The number of carbonyl (C=O) groups is 2. The van der Waals surface area contributed by atoms with Crippen LogP contribution < -0.4 is 10.2 Å². The smallest absolute Gasteiger partial charge is 0.254 e. The number of para-hydroxylation sites is 1. The number of aromatic nitrogens is 1. The number of nitrogens with zero attached hydrogens (tertiary/aromatic N) is 3. The summed E-state index contributed by atoms with van der Waals surface area (Å²) in [6, 6.07) is 23.6. The third-order valence-corrected chi connectivity index (χ3v) is 8.24. The van der Waals surface area contributed by atoms with Crippen LogP contribution in [0.15, 0.2) is 77.1 Å². The Morgan fingerprint density at radius 1 is 0.943 bits per heavy atom. The van der Waals surface area contributed by atoms with Crippen LogP contribution in [0.1, 0.15) is 15.9 Å². The topological polar surface area (TPSA) is 65.5 Å². The first-order valence-electron chi connectivity index (χ1n) is 11.5. The van der Waals surface area contributed by atoms with E-state index in [1.165, 1.54) is 11.8 Å². The summed E-state index contributed by atoms with van der Waals surface area (Å²) in [6.45, 7) is 4.91. The van der Waals surface area contributed by atoms with Gasteiger partial charge in [-0.2, -0.15) is 0 Å². The zero-order valence-corrected chi connectivity index (χ0v) is 21.1. The number of hydrogen-bond acceptors (Lipinski definition) is 6. The highest BCUT2D eigenvalue weighted by Gasteiger charge is 2.23. The largest absolute Gasteiger partial charge is 0.368 e. The van der Waals surface area contributed by atoms with Gasteiger partial charge in [0.15, 0.2) is 4.34 Å². The van der Waals surface area contributed by atoms with Gasteiger partial charge >= 0.3 is 0 Å². The van der Waals surface area contributed by atoms with E-state index in [1.54, 1.807) is 11.3 Å². The van der Waals surface area contributed by atoms with Gasteiger partial charge in [-0.15, -0.1) is 11.3 Å². The van der Waals surface area contributed by atoms with Crippen LogP contribution in [0.25, 0.3) is 10.2 Å². The number of nitrogens with one attached hydrogen (secondary N) is 1. The highest BCUT2D eigenvalue weighted by atomic mass is 32.2. The maximum atomic E-state index is 12.9. The van der Waals surface area contributed by atoms with Crippen LogP contribution in [0.3, 0.4) is 0 Å². The SMILES string of the molecule is Cc1ccccc1C(=O)N1CCN(c2ccc(NC(=O)CSc3nc4ccccc4s3)cc2)CC1. The Morgan fingerprint density at radius 2 is 1.66 bits per heavy atom. The highest BCUT2D eigenvalue weighted by molar-refractivity contribution is 8.01. The van der Waals surface area contributed by atoms with Crippen molar-refractivity contribution in [3.05, 3.63) is 83.9 Å². The van der Waals surface area contributed by atoms with Gasteiger partial charge in [-0.05, 0) is 55.0 Å². The first-order chi connectivity index (χ1) is 17.1. The fraction of sp³-hybridized carbons (Fsp3) is 0.222. The number of fused-ring (bicyclic) bond motifs is 1. The molecule has 0 aliphatic carbocycles. The number of anilines is 2. The minimum atomic E-state index is -0.0506. The third kappa shape index (κ3) is 5.49. The van der Waals surface area contributed by atoms with Crippen molar-refractivity contribution in [2.45, 2.75) is 11.3 Å². The van der Waals surface area contributed by atoms with Crippen molar-refractivity contribution < 1.29 is 9.59 Å². The van der Waals surface area contributed by atoms with E-state index in [4.69, 9.17) is 0 Å². The molecule has 4 aromatic rings. The summed E-state index contributed by atoms with van der Waals surface area (Å²) in [5.41, 5.74) is 4.63. The number of hydrogen-bond donors (Lipinski definition) is 1. The summed E-state index contributed by atoms with van der Waals surface area (Å²) < 4.78 is 2.03. The minimum Gasteiger partial charge on any atom is -0.368 e. The summed E-state index contributed by atoms with van der Waals surface area (Å²) in [5.74, 6) is 0.369. The summed E-state index contributed by atoms with van der Waals surface area (Å²) in [5, 5.41) is 2.97. The van der Waals surface area contributed by atoms with Crippen molar-refractivity contribution in [1.29, 1.82) is 0 Å². The lowest BCUT2D eigenvalue weighted by Crippen LogP contribution is -2.48. The van der Waals surface area contributed by atoms with E-state index in [9.17, 15) is 9.59 Å². The van der Waals surface area contributed by atoms with E-state index in [1.807, 2.05) is 84.6 Å². The van der Waals surface area contributed by atoms with Crippen molar-refractivity contribution in [3.8, 4) is 0 Å². The fourth-order valence-electron chi connectivity index (χ4n) is 4.14. The molecule has 8 heteroatoms. The zero-order valence-electron chi connectivity index (χ0n) is 19.4. The molecule has 0 spiro atoms. The lowest BCUT2D eigenvalue weighted by molar-refractivity contribution is -0.113. The molecular weight excluding hydrogens is 476 g/mol. The van der Waals surface area contributed by atoms with Crippen LogP contribution in [0.5, 0.6) is 0 Å². The summed E-state index contributed by atoms with van der Waals surface area (Å²) in [4.78, 5) is 34.1. The van der Waals surface area contributed by atoms with E-state index in [-0.39, 0.29) is 11.8 Å². The molecule has 0 atom stereocenters. The normalized spacial score (nSPS) is 13.7. The molecule has 178 valence electrons. The molecule has 1 N–H and O–H groups in total. The molecule has 0 radical (unpaired) electrons. The monoisotopic (exact) mass is 502 g/mol. The number of thiazole rings is 1. The van der Waals surface area contributed by atoms with Gasteiger partial charge in [-0.25, -0.2) is 4.98 Å². The zero-order chi connectivity index (χ0) is 24.2. The second-order valence-electron chi connectivity index (χ2n) is 8.43. The standard InChI is InChI=1S/C27H26N4O2S2/c1-19-6-2-3-7-22(19)26(33)31-16-14-30(15-17-31)21-12-10-20(11-13-21)28-25(32)18-34-27-29-23-8-4-5-9-24(23)35-27/h2-13H,14-18H2,1H3,(H,28,32). The maximum absolute atomic E-state index is 12.9. The molecule has 2 amide bonds. The molecule has 1 aliphatic rings. The van der Waals surface area contributed by atoms with Crippen molar-refractivity contribution in [3.63, 3.8) is 0 Å². The van der Waals surface area contributed by atoms with Crippen LogP contribution in [0, 0.1) is 6.92 Å². The molecular formula is C27H26N4O2S2. The van der Waals surface area contributed by atoms with Crippen LogP contribution in [-0.4, -0.2) is 53.6 Å². The lowest BCUT2D eigenvalue weighted by atomic mass is 10.1. The molecule has 3 aromatic carbocycles. The van der Waals surface area contributed by atoms with Gasteiger partial charge < -0.3 is 15.1 Å². The molecule has 5 rings (SSSR count). The predicted octanol–water partition coefficient (Wildman–Crippen LogP) is 5.30. The van der Waals surface area contributed by atoms with Crippen molar-refractivity contribution in [1.82, 2.24) is 9.88 Å². The number of benzene rings is 3. The number of thioether (sulfide) groups is 1. The van der Waals surface area contributed by atoms with Crippen LogP contribution in [0.2, 0.25) is 0 Å². The molecule has 2 heterocycles. The van der Waals surface area contributed by atoms with Gasteiger partial charge in [-0.3, -0.25) is 9.59 Å². The van der Waals surface area contributed by atoms with Crippen LogP contribution >= 0.6 is 23.1 Å². The van der Waals surface area contributed by atoms with Gasteiger partial charge in [0.1, 0.15) is 0 Å². The Morgan fingerprint density at radius 3 is 2.40 bits per heavy atom. The third-order valence-electron chi connectivity index (χ3n) is 6.06. The van der Waals surface area contributed by atoms with Crippen molar-refractivity contribution in [2.75, 3.05) is 42.1 Å². The lowest BCUT2D eigenvalue weighted by Gasteiger charge is -2.36. The van der Waals surface area contributed by atoms with Crippen LogP contribution in [-0.2, 0) is 4.79 Å². The second kappa shape index (κ2) is 10.5. The van der Waals surface area contributed by atoms with Crippen molar-refractivity contribution in [2.24, 2.45) is 0 Å². The van der Waals surface area contributed by atoms with Gasteiger partial charge in [0.05, 0.1) is 16.0 Å². The summed E-state index contributed by atoms with van der Waals surface area (Å²) in [6.07, 6.45) is 0. The van der Waals surface area contributed by atoms with Crippen LogP contribution in [0.4, 0.5) is 11.4 Å². The average molecular weight is 503 g/mol. The van der Waals surface area contributed by atoms with Gasteiger partial charge in [0.2, 0.25) is 5.91 Å². The summed E-state index contributed by atoms with van der Waals surface area (Å²) >= 11 is 3.06. The Bertz CT molecular complexity index is 1310. The van der Waals surface area contributed by atoms with Gasteiger partial charge in [0.25, 0.3) is 5.91 Å². The van der Waals surface area contributed by atoms with Gasteiger partial charge in [-0.1, -0.05) is 42.1 Å². The molecule has 1 aromatic heterocycles. The van der Waals surface area contributed by atoms with E-state index in [0.29, 0.717) is 18.8 Å². The van der Waals surface area contributed by atoms with E-state index in [2.05, 4.69) is 15.2 Å². The Balaban J connectivity index is 1.11. The van der Waals surface area contributed by atoms with E-state index in [0.717, 1.165) is 50.1 Å². The van der Waals surface area contributed by atoms with E-state index >= 15 is 0 Å². The maximum Gasteiger partial charge on any atom is 0.254 e. The fourth-order valence-corrected chi connectivity index (χ4v) is 6.01.